The molecule has 0 saturated carbocycles. The van der Waals surface area contributed by atoms with Crippen LogP contribution in [0, 0.1) is 6.92 Å². The van der Waals surface area contributed by atoms with Crippen molar-refractivity contribution in [1.29, 1.82) is 0 Å². The Labute approximate surface area is 149 Å². The smallest absolute Gasteiger partial charge is 0.241 e. The molecule has 25 heavy (non-hydrogen) atoms. The number of benzene rings is 1. The molecule has 1 N–H and O–H groups in total. The standard InChI is InChI=1S/C18H26N2O4S/c1-14-9-10-17(24-2)16(11-14)20(25(3,22)23)13-18(21)19-12-15-7-5-4-6-8-15/h7,9-11H,4-6,8,12-13H2,1-3H3,(H,19,21). The fourth-order valence-electron chi connectivity index (χ4n) is 2.84. The van der Waals surface area contributed by atoms with Crippen LogP contribution in [-0.4, -0.2) is 40.8 Å². The first kappa shape index (κ1) is 19.3. The number of carbonyl (C=O) groups is 1. The molecule has 0 saturated heterocycles. The third-order valence-electron chi connectivity index (χ3n) is 4.19. The molecule has 1 amide bonds. The van der Waals surface area contributed by atoms with Gasteiger partial charge in [-0.1, -0.05) is 17.7 Å². The molecule has 1 aromatic rings. The highest BCUT2D eigenvalue weighted by atomic mass is 32.2. The normalized spacial score (nSPS) is 14.6. The Morgan fingerprint density at radius 1 is 1.32 bits per heavy atom. The monoisotopic (exact) mass is 366 g/mol. The van der Waals surface area contributed by atoms with E-state index in [9.17, 15) is 13.2 Å². The molecule has 6 nitrogen and oxygen atoms in total. The number of ether oxygens (including phenoxy) is 1. The van der Waals surface area contributed by atoms with Crippen molar-refractivity contribution in [2.75, 3.05) is 30.8 Å². The molecule has 0 spiro atoms. The topological polar surface area (TPSA) is 75.7 Å². The molecular formula is C18H26N2O4S. The summed E-state index contributed by atoms with van der Waals surface area (Å²) in [5, 5.41) is 2.82. The van der Waals surface area contributed by atoms with Gasteiger partial charge < -0.3 is 10.1 Å². The van der Waals surface area contributed by atoms with Crippen molar-refractivity contribution < 1.29 is 17.9 Å². The molecule has 0 fully saturated rings. The van der Waals surface area contributed by atoms with Gasteiger partial charge in [0.2, 0.25) is 15.9 Å². The van der Waals surface area contributed by atoms with E-state index in [4.69, 9.17) is 4.74 Å². The van der Waals surface area contributed by atoms with Crippen LogP contribution >= 0.6 is 0 Å². The summed E-state index contributed by atoms with van der Waals surface area (Å²) < 4.78 is 30.8. The molecule has 0 atom stereocenters. The van der Waals surface area contributed by atoms with Crippen LogP contribution < -0.4 is 14.4 Å². The Morgan fingerprint density at radius 2 is 2.08 bits per heavy atom. The second kappa shape index (κ2) is 8.38. The predicted octanol–water partition coefficient (Wildman–Crippen LogP) is 2.39. The predicted molar refractivity (Wildman–Crippen MR) is 99.5 cm³/mol. The maximum atomic E-state index is 12.3. The second-order valence-corrected chi connectivity index (χ2v) is 8.24. The highest BCUT2D eigenvalue weighted by Crippen LogP contribution is 2.30. The Morgan fingerprint density at radius 3 is 2.68 bits per heavy atom. The Balaban J connectivity index is 2.14. The lowest BCUT2D eigenvalue weighted by Crippen LogP contribution is -2.41. The minimum Gasteiger partial charge on any atom is -0.495 e. The van der Waals surface area contributed by atoms with Gasteiger partial charge >= 0.3 is 0 Å². The summed E-state index contributed by atoms with van der Waals surface area (Å²) in [5.41, 5.74) is 2.47. The highest BCUT2D eigenvalue weighted by Gasteiger charge is 2.24. The first-order chi connectivity index (χ1) is 11.8. The molecule has 1 aromatic carbocycles. The zero-order valence-electron chi connectivity index (χ0n) is 15.0. The average molecular weight is 366 g/mol. The van der Waals surface area contributed by atoms with Crippen LogP contribution in [0.1, 0.15) is 31.2 Å². The number of anilines is 1. The van der Waals surface area contributed by atoms with Gasteiger partial charge in [-0.25, -0.2) is 8.42 Å². The lowest BCUT2D eigenvalue weighted by molar-refractivity contribution is -0.119. The summed E-state index contributed by atoms with van der Waals surface area (Å²) >= 11 is 0. The van der Waals surface area contributed by atoms with Gasteiger partial charge in [-0.2, -0.15) is 0 Å². The Kier molecular flexibility index (Phi) is 6.47. The van der Waals surface area contributed by atoms with Crippen LogP contribution in [0.2, 0.25) is 0 Å². The van der Waals surface area contributed by atoms with E-state index in [0.29, 0.717) is 18.0 Å². The van der Waals surface area contributed by atoms with E-state index in [1.165, 1.54) is 19.1 Å². The fourth-order valence-corrected chi connectivity index (χ4v) is 3.69. The van der Waals surface area contributed by atoms with Crippen molar-refractivity contribution >= 4 is 21.6 Å². The highest BCUT2D eigenvalue weighted by molar-refractivity contribution is 7.92. The Bertz CT molecular complexity index is 756. The number of hydrogen-bond donors (Lipinski definition) is 1. The number of nitrogens with zero attached hydrogens (tertiary/aromatic N) is 1. The van der Waals surface area contributed by atoms with Crippen molar-refractivity contribution in [3.63, 3.8) is 0 Å². The fraction of sp³-hybridized carbons (Fsp3) is 0.500. The molecule has 0 aromatic heterocycles. The maximum Gasteiger partial charge on any atom is 0.241 e. The summed E-state index contributed by atoms with van der Waals surface area (Å²) in [6.07, 6.45) is 7.60. The number of carbonyl (C=O) groups excluding carboxylic acids is 1. The molecule has 1 aliphatic carbocycles. The third kappa shape index (κ3) is 5.49. The van der Waals surface area contributed by atoms with E-state index in [1.54, 1.807) is 12.1 Å². The molecule has 138 valence electrons. The zero-order chi connectivity index (χ0) is 18.4. The van der Waals surface area contributed by atoms with Gasteiger partial charge in [0.05, 0.1) is 19.1 Å². The minimum atomic E-state index is -3.63. The van der Waals surface area contributed by atoms with Crippen molar-refractivity contribution in [1.82, 2.24) is 5.32 Å². The maximum absolute atomic E-state index is 12.3. The van der Waals surface area contributed by atoms with Gasteiger partial charge in [-0.05, 0) is 50.3 Å². The van der Waals surface area contributed by atoms with Crippen molar-refractivity contribution in [2.24, 2.45) is 0 Å². The first-order valence-electron chi connectivity index (χ1n) is 8.38. The van der Waals surface area contributed by atoms with Crippen LogP contribution in [0.25, 0.3) is 0 Å². The van der Waals surface area contributed by atoms with E-state index in [2.05, 4.69) is 11.4 Å². The molecule has 0 bridgehead atoms. The zero-order valence-corrected chi connectivity index (χ0v) is 15.9. The van der Waals surface area contributed by atoms with Gasteiger partial charge in [-0.15, -0.1) is 0 Å². The van der Waals surface area contributed by atoms with Crippen LogP contribution in [0.15, 0.2) is 29.8 Å². The summed E-state index contributed by atoms with van der Waals surface area (Å²) in [6.45, 7) is 2.06. The summed E-state index contributed by atoms with van der Waals surface area (Å²) in [4.78, 5) is 12.3. The average Bonchev–Trinajstić information content (AvgIpc) is 2.57. The molecule has 7 heteroatoms. The van der Waals surface area contributed by atoms with Gasteiger partial charge in [0.1, 0.15) is 12.3 Å². The summed E-state index contributed by atoms with van der Waals surface area (Å²) in [7, 11) is -2.15. The molecule has 0 heterocycles. The number of rotatable bonds is 7. The molecule has 0 aliphatic heterocycles. The third-order valence-corrected chi connectivity index (χ3v) is 5.31. The molecule has 0 radical (unpaired) electrons. The lowest BCUT2D eigenvalue weighted by atomic mass is 10.00. The van der Waals surface area contributed by atoms with Gasteiger partial charge in [-0.3, -0.25) is 9.10 Å². The molecular weight excluding hydrogens is 340 g/mol. The quantitative estimate of drug-likeness (QED) is 0.752. The number of hydrogen-bond acceptors (Lipinski definition) is 4. The first-order valence-corrected chi connectivity index (χ1v) is 10.2. The number of amides is 1. The largest absolute Gasteiger partial charge is 0.495 e. The molecule has 2 rings (SSSR count). The SMILES string of the molecule is COc1ccc(C)cc1N(CC(=O)NCC1=CCCCC1)S(C)(=O)=O. The van der Waals surface area contributed by atoms with E-state index >= 15 is 0 Å². The van der Waals surface area contributed by atoms with Crippen molar-refractivity contribution in [2.45, 2.75) is 32.6 Å². The van der Waals surface area contributed by atoms with Crippen LogP contribution in [-0.2, 0) is 14.8 Å². The molecule has 1 aliphatic rings. The number of nitrogens with one attached hydrogen (secondary N) is 1. The van der Waals surface area contributed by atoms with Crippen LogP contribution in [0.5, 0.6) is 5.75 Å². The Hall–Kier alpha value is -2.02. The number of aryl methyl sites for hydroxylation is 1. The van der Waals surface area contributed by atoms with E-state index in [0.717, 1.165) is 35.4 Å². The van der Waals surface area contributed by atoms with Crippen molar-refractivity contribution in [3.8, 4) is 5.75 Å². The summed E-state index contributed by atoms with van der Waals surface area (Å²) in [6, 6.07) is 5.24. The van der Waals surface area contributed by atoms with E-state index in [-0.39, 0.29) is 12.5 Å². The van der Waals surface area contributed by atoms with Crippen LogP contribution in [0.4, 0.5) is 5.69 Å². The van der Waals surface area contributed by atoms with Gasteiger partial charge in [0.25, 0.3) is 0 Å². The van der Waals surface area contributed by atoms with Crippen molar-refractivity contribution in [3.05, 3.63) is 35.4 Å². The van der Waals surface area contributed by atoms with E-state index < -0.39 is 10.0 Å². The lowest BCUT2D eigenvalue weighted by Gasteiger charge is -2.24. The summed E-state index contributed by atoms with van der Waals surface area (Å²) in [5.74, 6) is 0.0827. The number of sulfonamides is 1. The number of allylic oxidation sites excluding steroid dienone is 1. The number of methoxy groups -OCH3 is 1. The van der Waals surface area contributed by atoms with Gasteiger partial charge in [0.15, 0.2) is 0 Å². The second-order valence-electron chi connectivity index (χ2n) is 6.33. The minimum absolute atomic E-state index is 0.272. The van der Waals surface area contributed by atoms with E-state index in [1.807, 2.05) is 13.0 Å². The molecule has 0 unspecified atom stereocenters. The van der Waals surface area contributed by atoms with Crippen LogP contribution in [0.3, 0.4) is 0 Å². The van der Waals surface area contributed by atoms with Gasteiger partial charge in [0, 0.05) is 6.54 Å².